The lowest BCUT2D eigenvalue weighted by Crippen LogP contribution is -2.05. The molecule has 0 atom stereocenters. The van der Waals surface area contributed by atoms with Gasteiger partial charge in [-0.2, -0.15) is 13.2 Å². The fourth-order valence-electron chi connectivity index (χ4n) is 1.86. The van der Waals surface area contributed by atoms with Crippen LogP contribution in [0.5, 0.6) is 0 Å². The summed E-state index contributed by atoms with van der Waals surface area (Å²) in [5.41, 5.74) is -0.820. The topological polar surface area (TPSA) is 38.7 Å². The molecule has 118 valence electrons. The number of benzene rings is 2. The summed E-state index contributed by atoms with van der Waals surface area (Å²) in [6.45, 7) is 0. The highest BCUT2D eigenvalue weighted by Crippen LogP contribution is 2.35. The Morgan fingerprint density at radius 1 is 1.04 bits per heavy atom. The predicted molar refractivity (Wildman–Crippen MR) is 80.4 cm³/mol. The molecule has 3 nitrogen and oxygen atoms in total. The number of aliphatic imine (C=N–C) groups is 1. The summed E-state index contributed by atoms with van der Waals surface area (Å²) >= 11 is 0. The smallest absolute Gasteiger partial charge is 0.418 e. The zero-order valence-electron chi connectivity index (χ0n) is 12.1. The number of ether oxygens (including phenoxy) is 1. The molecule has 2 aromatic carbocycles. The standard InChI is InChI=1S/C17H12F3NO2/c1-23-16(22)13(12-7-3-2-4-8-12)11-21-15-10-6-5-9-14(15)17(18,19)20/h2-10H,1H3. The molecule has 0 radical (unpaired) electrons. The molecular formula is C17H12F3NO2. The average Bonchev–Trinajstić information content (AvgIpc) is 2.55. The second kappa shape index (κ2) is 6.94. The van der Waals surface area contributed by atoms with Crippen LogP contribution in [0.1, 0.15) is 11.1 Å². The minimum Gasteiger partial charge on any atom is -0.465 e. The van der Waals surface area contributed by atoms with Crippen LogP contribution < -0.4 is 0 Å². The number of para-hydroxylation sites is 1. The highest BCUT2D eigenvalue weighted by atomic mass is 19.4. The lowest BCUT2D eigenvalue weighted by Gasteiger charge is -2.08. The molecular weight excluding hydrogens is 307 g/mol. The second-order valence-electron chi connectivity index (χ2n) is 4.47. The van der Waals surface area contributed by atoms with Gasteiger partial charge in [-0.1, -0.05) is 42.5 Å². The van der Waals surface area contributed by atoms with Crippen molar-refractivity contribution in [2.45, 2.75) is 6.18 Å². The van der Waals surface area contributed by atoms with E-state index in [2.05, 4.69) is 15.6 Å². The van der Waals surface area contributed by atoms with Crippen LogP contribution in [0.15, 0.2) is 59.6 Å². The monoisotopic (exact) mass is 319 g/mol. The van der Waals surface area contributed by atoms with Gasteiger partial charge in [-0.3, -0.25) is 0 Å². The summed E-state index contributed by atoms with van der Waals surface area (Å²) in [6.07, 6.45) is -4.54. The van der Waals surface area contributed by atoms with Gasteiger partial charge in [0.2, 0.25) is 0 Å². The third kappa shape index (κ3) is 4.08. The van der Waals surface area contributed by atoms with Gasteiger partial charge in [0.05, 0.1) is 18.4 Å². The fourth-order valence-corrected chi connectivity index (χ4v) is 1.86. The van der Waals surface area contributed by atoms with E-state index >= 15 is 0 Å². The maximum absolute atomic E-state index is 12.9. The Bertz CT molecular complexity index is 761. The Hall–Kier alpha value is -2.85. The molecule has 0 aliphatic rings. The van der Waals surface area contributed by atoms with Gasteiger partial charge in [-0.05, 0) is 17.7 Å². The van der Waals surface area contributed by atoms with E-state index in [9.17, 15) is 18.0 Å². The van der Waals surface area contributed by atoms with Crippen LogP contribution in [0.2, 0.25) is 0 Å². The number of carbonyl (C=O) groups excluding carboxylic acids is 1. The highest BCUT2D eigenvalue weighted by molar-refractivity contribution is 6.26. The Morgan fingerprint density at radius 3 is 2.26 bits per heavy atom. The minimum atomic E-state index is -4.54. The molecule has 0 spiro atoms. The molecule has 0 bridgehead atoms. The van der Waals surface area contributed by atoms with Crippen molar-refractivity contribution in [2.24, 2.45) is 4.99 Å². The van der Waals surface area contributed by atoms with E-state index in [-0.39, 0.29) is 11.3 Å². The van der Waals surface area contributed by atoms with Crippen LogP contribution in [0, 0.1) is 0 Å². The van der Waals surface area contributed by atoms with Crippen LogP contribution in [-0.4, -0.2) is 18.9 Å². The molecule has 0 heterocycles. The van der Waals surface area contributed by atoms with Gasteiger partial charge in [0.25, 0.3) is 0 Å². The van der Waals surface area contributed by atoms with E-state index in [1.165, 1.54) is 25.3 Å². The van der Waals surface area contributed by atoms with E-state index in [1.54, 1.807) is 30.3 Å². The zero-order valence-corrected chi connectivity index (χ0v) is 12.1. The lowest BCUT2D eigenvalue weighted by molar-refractivity contribution is -0.137. The van der Waals surface area contributed by atoms with E-state index in [1.807, 2.05) is 0 Å². The van der Waals surface area contributed by atoms with Crippen molar-refractivity contribution < 1.29 is 22.7 Å². The molecule has 6 heteroatoms. The Kier molecular flexibility index (Phi) is 4.98. The Morgan fingerprint density at radius 2 is 1.65 bits per heavy atom. The molecule has 2 rings (SSSR count). The zero-order chi connectivity index (χ0) is 16.9. The molecule has 0 fully saturated rings. The number of carbonyl (C=O) groups is 1. The summed E-state index contributed by atoms with van der Waals surface area (Å²) in [4.78, 5) is 15.5. The fraction of sp³-hybridized carbons (Fsp3) is 0.118. The highest BCUT2D eigenvalue weighted by Gasteiger charge is 2.33. The number of nitrogens with zero attached hydrogens (tertiary/aromatic N) is 1. The SMILES string of the molecule is COC(=O)C(=C=Nc1ccccc1C(F)(F)F)c1ccccc1. The number of alkyl halides is 3. The van der Waals surface area contributed by atoms with E-state index in [0.29, 0.717) is 5.56 Å². The van der Waals surface area contributed by atoms with Gasteiger partial charge in [0, 0.05) is 5.87 Å². The summed E-state index contributed by atoms with van der Waals surface area (Å²) in [5.74, 6) is 1.65. The van der Waals surface area contributed by atoms with Crippen molar-refractivity contribution in [1.29, 1.82) is 0 Å². The first-order valence-electron chi connectivity index (χ1n) is 6.57. The first-order valence-corrected chi connectivity index (χ1v) is 6.57. The first-order chi connectivity index (χ1) is 10.9. The molecule has 0 aromatic heterocycles. The number of esters is 1. The largest absolute Gasteiger partial charge is 0.465 e. The first kappa shape index (κ1) is 16.5. The van der Waals surface area contributed by atoms with Crippen molar-refractivity contribution in [3.05, 3.63) is 65.7 Å². The van der Waals surface area contributed by atoms with Gasteiger partial charge in [-0.15, -0.1) is 0 Å². The van der Waals surface area contributed by atoms with Gasteiger partial charge in [0.15, 0.2) is 0 Å². The number of rotatable bonds is 3. The van der Waals surface area contributed by atoms with Crippen molar-refractivity contribution in [3.8, 4) is 0 Å². The van der Waals surface area contributed by atoms with Crippen LogP contribution >= 0.6 is 0 Å². The molecule has 0 unspecified atom stereocenters. The third-order valence-corrected chi connectivity index (χ3v) is 2.95. The Balaban J connectivity index is 2.57. The molecule has 23 heavy (non-hydrogen) atoms. The average molecular weight is 319 g/mol. The summed E-state index contributed by atoms with van der Waals surface area (Å²) < 4.78 is 43.4. The summed E-state index contributed by atoms with van der Waals surface area (Å²) in [6, 6.07) is 13.2. The molecule has 2 aromatic rings. The van der Waals surface area contributed by atoms with Gasteiger partial charge >= 0.3 is 12.1 Å². The van der Waals surface area contributed by atoms with Crippen LogP contribution in [0.25, 0.3) is 5.57 Å². The lowest BCUT2D eigenvalue weighted by atomic mass is 10.1. The van der Waals surface area contributed by atoms with Gasteiger partial charge < -0.3 is 4.74 Å². The van der Waals surface area contributed by atoms with Crippen molar-refractivity contribution >= 4 is 23.1 Å². The van der Waals surface area contributed by atoms with Gasteiger partial charge in [0.1, 0.15) is 5.57 Å². The predicted octanol–water partition coefficient (Wildman–Crippen LogP) is 4.26. The second-order valence-corrected chi connectivity index (χ2v) is 4.47. The summed E-state index contributed by atoms with van der Waals surface area (Å²) in [5, 5.41) is 0. The van der Waals surface area contributed by atoms with E-state index < -0.39 is 17.7 Å². The minimum absolute atomic E-state index is 0.0509. The molecule has 0 amide bonds. The maximum atomic E-state index is 12.9. The number of methoxy groups -OCH3 is 1. The molecule has 0 saturated heterocycles. The molecule has 0 aliphatic heterocycles. The van der Waals surface area contributed by atoms with Crippen molar-refractivity contribution in [2.75, 3.05) is 7.11 Å². The maximum Gasteiger partial charge on any atom is 0.418 e. The molecule has 0 aliphatic carbocycles. The molecule has 0 N–H and O–H groups in total. The van der Waals surface area contributed by atoms with Crippen molar-refractivity contribution in [1.82, 2.24) is 0 Å². The van der Waals surface area contributed by atoms with E-state index in [4.69, 9.17) is 0 Å². The van der Waals surface area contributed by atoms with Crippen LogP contribution in [-0.2, 0) is 15.7 Å². The van der Waals surface area contributed by atoms with Crippen LogP contribution in [0.3, 0.4) is 0 Å². The third-order valence-electron chi connectivity index (χ3n) is 2.95. The normalized spacial score (nSPS) is 10.6. The quantitative estimate of drug-likeness (QED) is 0.481. The number of hydrogen-bond donors (Lipinski definition) is 0. The van der Waals surface area contributed by atoms with Gasteiger partial charge in [-0.25, -0.2) is 9.79 Å². The summed E-state index contributed by atoms with van der Waals surface area (Å²) in [7, 11) is 1.18. The number of hydrogen-bond acceptors (Lipinski definition) is 3. The van der Waals surface area contributed by atoms with E-state index in [0.717, 1.165) is 6.07 Å². The Labute approximate surface area is 130 Å². The molecule has 0 saturated carbocycles. The van der Waals surface area contributed by atoms with Crippen LogP contribution in [0.4, 0.5) is 18.9 Å². The number of halogens is 3. The van der Waals surface area contributed by atoms with Crippen molar-refractivity contribution in [3.63, 3.8) is 0 Å².